The molecule has 0 unspecified atom stereocenters. The Morgan fingerprint density at radius 2 is 2.54 bits per heavy atom. The minimum Gasteiger partial charge on any atom is -0.461 e. The fraction of sp³-hybridized carbons (Fsp3) is 0.250. The number of carbonyl (C=O) groups is 1. The van der Waals surface area contributed by atoms with E-state index in [1.807, 2.05) is 0 Å². The van der Waals surface area contributed by atoms with Crippen molar-refractivity contribution in [1.82, 2.24) is 15.0 Å². The zero-order chi connectivity index (χ0) is 9.26. The second-order valence-corrected chi connectivity index (χ2v) is 2.57. The lowest BCUT2D eigenvalue weighted by Gasteiger charge is -1.96. The lowest BCUT2D eigenvalue weighted by atomic mass is 10.4. The van der Waals surface area contributed by atoms with Crippen LogP contribution in [0.25, 0.3) is 11.2 Å². The molecule has 0 aliphatic heterocycles. The number of H-pyrrole nitrogens is 2. The summed E-state index contributed by atoms with van der Waals surface area (Å²) >= 11 is 0. The van der Waals surface area contributed by atoms with Gasteiger partial charge in [0.15, 0.2) is 5.65 Å². The molecule has 2 rings (SSSR count). The summed E-state index contributed by atoms with van der Waals surface area (Å²) in [6.07, 6.45) is 1.57. The first-order chi connectivity index (χ1) is 6.31. The van der Waals surface area contributed by atoms with Crippen molar-refractivity contribution in [2.45, 2.75) is 6.92 Å². The second kappa shape index (κ2) is 2.93. The average Bonchev–Trinajstić information content (AvgIpc) is 2.61. The number of hydrogen-bond acceptors (Lipinski definition) is 3. The first-order valence-corrected chi connectivity index (χ1v) is 4.00. The smallest absolute Gasteiger partial charge is 0.354 e. The SMILES string of the molecule is CCOC(=O)c1cc2[nH]cnc2[nH]1. The van der Waals surface area contributed by atoms with E-state index in [9.17, 15) is 4.79 Å². The van der Waals surface area contributed by atoms with E-state index >= 15 is 0 Å². The van der Waals surface area contributed by atoms with Crippen LogP contribution in [-0.2, 0) is 4.74 Å². The standard InChI is InChI=1S/C8H9N3O2/c1-2-13-8(12)6-3-5-7(11-6)10-4-9-5/h3-4,11H,2H2,1H3,(H,9,10). The Morgan fingerprint density at radius 1 is 1.69 bits per heavy atom. The molecule has 0 aliphatic rings. The number of aromatic amines is 2. The average molecular weight is 179 g/mol. The lowest BCUT2D eigenvalue weighted by molar-refractivity contribution is 0.0520. The molecule has 0 aromatic carbocycles. The first-order valence-electron chi connectivity index (χ1n) is 4.00. The van der Waals surface area contributed by atoms with Crippen molar-refractivity contribution >= 4 is 17.1 Å². The van der Waals surface area contributed by atoms with Crippen molar-refractivity contribution in [1.29, 1.82) is 0 Å². The highest BCUT2D eigenvalue weighted by Gasteiger charge is 2.10. The van der Waals surface area contributed by atoms with Crippen molar-refractivity contribution in [2.75, 3.05) is 6.61 Å². The van der Waals surface area contributed by atoms with Crippen LogP contribution in [0, 0.1) is 0 Å². The van der Waals surface area contributed by atoms with Crippen molar-refractivity contribution in [3.8, 4) is 0 Å². The van der Waals surface area contributed by atoms with Gasteiger partial charge in [-0.3, -0.25) is 0 Å². The van der Waals surface area contributed by atoms with Crippen LogP contribution < -0.4 is 0 Å². The molecule has 0 atom stereocenters. The van der Waals surface area contributed by atoms with Crippen LogP contribution in [0.15, 0.2) is 12.4 Å². The van der Waals surface area contributed by atoms with E-state index < -0.39 is 0 Å². The molecule has 5 heteroatoms. The molecule has 68 valence electrons. The van der Waals surface area contributed by atoms with Gasteiger partial charge in [-0.25, -0.2) is 9.78 Å². The highest BCUT2D eigenvalue weighted by molar-refractivity contribution is 5.92. The van der Waals surface area contributed by atoms with Crippen LogP contribution in [0.1, 0.15) is 17.4 Å². The van der Waals surface area contributed by atoms with Gasteiger partial charge in [0.2, 0.25) is 0 Å². The number of rotatable bonds is 2. The van der Waals surface area contributed by atoms with E-state index in [0.717, 1.165) is 5.52 Å². The van der Waals surface area contributed by atoms with Crippen LogP contribution in [0.4, 0.5) is 0 Å². The van der Waals surface area contributed by atoms with Gasteiger partial charge < -0.3 is 14.7 Å². The van der Waals surface area contributed by atoms with Crippen molar-refractivity contribution in [3.05, 3.63) is 18.1 Å². The normalized spacial score (nSPS) is 10.5. The molecule has 0 fully saturated rings. The maximum atomic E-state index is 11.2. The number of imidazole rings is 1. The molecular formula is C8H9N3O2. The van der Waals surface area contributed by atoms with E-state index in [1.165, 1.54) is 0 Å². The summed E-state index contributed by atoms with van der Waals surface area (Å²) in [6.45, 7) is 2.14. The maximum Gasteiger partial charge on any atom is 0.354 e. The summed E-state index contributed by atoms with van der Waals surface area (Å²) in [5.41, 5.74) is 1.90. The van der Waals surface area contributed by atoms with Gasteiger partial charge in [0.05, 0.1) is 18.5 Å². The molecular weight excluding hydrogens is 170 g/mol. The van der Waals surface area contributed by atoms with Crippen molar-refractivity contribution < 1.29 is 9.53 Å². The van der Waals surface area contributed by atoms with Gasteiger partial charge in [-0.2, -0.15) is 0 Å². The van der Waals surface area contributed by atoms with Gasteiger partial charge in [-0.15, -0.1) is 0 Å². The molecule has 0 bridgehead atoms. The van der Waals surface area contributed by atoms with E-state index in [2.05, 4.69) is 15.0 Å². The van der Waals surface area contributed by atoms with Gasteiger partial charge in [-0.05, 0) is 13.0 Å². The summed E-state index contributed by atoms with van der Waals surface area (Å²) in [7, 11) is 0. The van der Waals surface area contributed by atoms with Crippen LogP contribution >= 0.6 is 0 Å². The third-order valence-corrected chi connectivity index (χ3v) is 1.71. The van der Waals surface area contributed by atoms with Crippen LogP contribution in [0.3, 0.4) is 0 Å². The predicted molar refractivity (Wildman–Crippen MR) is 46.4 cm³/mol. The van der Waals surface area contributed by atoms with E-state index in [0.29, 0.717) is 17.9 Å². The number of fused-ring (bicyclic) bond motifs is 1. The number of aromatic nitrogens is 3. The zero-order valence-electron chi connectivity index (χ0n) is 7.13. The topological polar surface area (TPSA) is 70.8 Å². The molecule has 2 N–H and O–H groups in total. The summed E-state index contributed by atoms with van der Waals surface area (Å²) in [6, 6.07) is 1.68. The zero-order valence-corrected chi connectivity index (χ0v) is 7.13. The number of nitrogens with one attached hydrogen (secondary N) is 2. The van der Waals surface area contributed by atoms with Crippen LogP contribution in [0.5, 0.6) is 0 Å². The summed E-state index contributed by atoms with van der Waals surface area (Å²) in [5.74, 6) is -0.353. The van der Waals surface area contributed by atoms with E-state index in [4.69, 9.17) is 4.74 Å². The minimum atomic E-state index is -0.353. The van der Waals surface area contributed by atoms with E-state index in [-0.39, 0.29) is 5.97 Å². The third kappa shape index (κ3) is 1.28. The second-order valence-electron chi connectivity index (χ2n) is 2.57. The highest BCUT2D eigenvalue weighted by Crippen LogP contribution is 2.10. The van der Waals surface area contributed by atoms with Crippen LogP contribution in [0.2, 0.25) is 0 Å². The lowest BCUT2D eigenvalue weighted by Crippen LogP contribution is -2.04. The Labute approximate surface area is 74.1 Å². The highest BCUT2D eigenvalue weighted by atomic mass is 16.5. The Hall–Kier alpha value is -1.78. The molecule has 2 aromatic rings. The van der Waals surface area contributed by atoms with Gasteiger partial charge in [0.25, 0.3) is 0 Å². The molecule has 5 nitrogen and oxygen atoms in total. The molecule has 13 heavy (non-hydrogen) atoms. The molecule has 0 aliphatic carbocycles. The number of hydrogen-bond donors (Lipinski definition) is 2. The number of ether oxygens (including phenoxy) is 1. The summed E-state index contributed by atoms with van der Waals surface area (Å²) in [5, 5.41) is 0. The fourth-order valence-electron chi connectivity index (χ4n) is 1.14. The first kappa shape index (κ1) is 7.85. The van der Waals surface area contributed by atoms with Gasteiger partial charge in [0, 0.05) is 0 Å². The van der Waals surface area contributed by atoms with Gasteiger partial charge >= 0.3 is 5.97 Å². The molecule has 0 amide bonds. The predicted octanol–water partition coefficient (Wildman–Crippen LogP) is 1.07. The molecule has 0 saturated carbocycles. The monoisotopic (exact) mass is 179 g/mol. The Morgan fingerprint density at radius 3 is 3.23 bits per heavy atom. The van der Waals surface area contributed by atoms with Gasteiger partial charge in [0.1, 0.15) is 5.69 Å². The fourth-order valence-corrected chi connectivity index (χ4v) is 1.14. The van der Waals surface area contributed by atoms with Gasteiger partial charge in [-0.1, -0.05) is 0 Å². The number of nitrogens with zero attached hydrogens (tertiary/aromatic N) is 1. The van der Waals surface area contributed by atoms with Crippen molar-refractivity contribution in [3.63, 3.8) is 0 Å². The third-order valence-electron chi connectivity index (χ3n) is 1.71. The minimum absolute atomic E-state index is 0.353. The molecule has 0 radical (unpaired) electrons. The van der Waals surface area contributed by atoms with Crippen molar-refractivity contribution in [2.24, 2.45) is 0 Å². The number of esters is 1. The molecule has 2 heterocycles. The summed E-state index contributed by atoms with van der Waals surface area (Å²) in [4.78, 5) is 20.9. The quantitative estimate of drug-likeness (QED) is 0.677. The van der Waals surface area contributed by atoms with Crippen LogP contribution in [-0.4, -0.2) is 27.5 Å². The Balaban J connectivity index is 2.34. The summed E-state index contributed by atoms with van der Waals surface area (Å²) < 4.78 is 4.82. The Kier molecular flexibility index (Phi) is 1.77. The number of carbonyl (C=O) groups excluding carboxylic acids is 1. The van der Waals surface area contributed by atoms with E-state index in [1.54, 1.807) is 19.3 Å². The molecule has 0 saturated heterocycles. The Bertz CT molecular complexity index is 401. The molecule has 0 spiro atoms. The maximum absolute atomic E-state index is 11.2. The largest absolute Gasteiger partial charge is 0.461 e. The molecule has 2 aromatic heterocycles.